The first kappa shape index (κ1) is 18.1. The summed E-state index contributed by atoms with van der Waals surface area (Å²) in [6.45, 7) is 6.00. The minimum absolute atomic E-state index is 0.571. The van der Waals surface area contributed by atoms with Crippen molar-refractivity contribution in [2.24, 2.45) is 12.0 Å². The highest BCUT2D eigenvalue weighted by Crippen LogP contribution is 2.09. The molecule has 7 heteroatoms. The van der Waals surface area contributed by atoms with Crippen molar-refractivity contribution in [1.82, 2.24) is 25.4 Å². The predicted molar refractivity (Wildman–Crippen MR) is 106 cm³/mol. The zero-order valence-corrected chi connectivity index (χ0v) is 16.2. The Morgan fingerprint density at radius 2 is 1.88 bits per heavy atom. The summed E-state index contributed by atoms with van der Waals surface area (Å²) in [6, 6.07) is 12.5. The van der Waals surface area contributed by atoms with Gasteiger partial charge in [-0.1, -0.05) is 30.3 Å². The summed E-state index contributed by atoms with van der Waals surface area (Å²) >= 11 is 1.73. The fourth-order valence-electron chi connectivity index (χ4n) is 2.48. The molecule has 0 aliphatic carbocycles. The van der Waals surface area contributed by atoms with Gasteiger partial charge in [0.1, 0.15) is 5.82 Å². The molecule has 3 rings (SSSR count). The fourth-order valence-corrected chi connectivity index (χ4v) is 3.12. The average molecular weight is 369 g/mol. The van der Waals surface area contributed by atoms with Crippen LogP contribution in [0.15, 0.2) is 46.8 Å². The van der Waals surface area contributed by atoms with Crippen molar-refractivity contribution in [3.63, 3.8) is 0 Å². The van der Waals surface area contributed by atoms with Crippen LogP contribution in [0, 0.1) is 13.8 Å². The molecule has 3 aromatic rings. The van der Waals surface area contributed by atoms with E-state index in [1.54, 1.807) is 11.3 Å². The molecule has 2 N–H and O–H groups in total. The Morgan fingerprint density at radius 3 is 2.58 bits per heavy atom. The summed E-state index contributed by atoms with van der Waals surface area (Å²) in [4.78, 5) is 6.02. The van der Waals surface area contributed by atoms with Crippen LogP contribution in [-0.4, -0.2) is 20.7 Å². The molecule has 0 fully saturated rings. The monoisotopic (exact) mass is 368 g/mol. The van der Waals surface area contributed by atoms with Crippen molar-refractivity contribution in [2.75, 3.05) is 0 Å². The van der Waals surface area contributed by atoms with Crippen LogP contribution in [0.1, 0.15) is 27.7 Å². The second kappa shape index (κ2) is 8.62. The molecule has 0 amide bonds. The van der Waals surface area contributed by atoms with Crippen LogP contribution in [0.2, 0.25) is 0 Å². The SMILES string of the molecule is Cc1ccccc1CN=C(NCc1cccs1)NCc1nnc(C)n1C. The van der Waals surface area contributed by atoms with Crippen LogP contribution in [0.4, 0.5) is 0 Å². The minimum Gasteiger partial charge on any atom is -0.351 e. The Hall–Kier alpha value is -2.67. The van der Waals surface area contributed by atoms with Gasteiger partial charge >= 0.3 is 0 Å². The van der Waals surface area contributed by atoms with E-state index in [2.05, 4.69) is 57.4 Å². The predicted octanol–water partition coefficient (Wildman–Crippen LogP) is 2.93. The maximum Gasteiger partial charge on any atom is 0.192 e. The highest BCUT2D eigenvalue weighted by molar-refractivity contribution is 7.09. The van der Waals surface area contributed by atoms with Gasteiger partial charge in [0.15, 0.2) is 11.8 Å². The summed E-state index contributed by atoms with van der Waals surface area (Å²) < 4.78 is 1.98. The molecule has 26 heavy (non-hydrogen) atoms. The van der Waals surface area contributed by atoms with E-state index in [0.717, 1.165) is 24.2 Å². The summed E-state index contributed by atoms with van der Waals surface area (Å²) in [5.41, 5.74) is 2.47. The van der Waals surface area contributed by atoms with Gasteiger partial charge in [-0.15, -0.1) is 21.5 Å². The van der Waals surface area contributed by atoms with Crippen LogP contribution in [0.3, 0.4) is 0 Å². The summed E-state index contributed by atoms with van der Waals surface area (Å²) in [6.07, 6.45) is 0. The molecule has 0 atom stereocenters. The first-order valence-electron chi connectivity index (χ1n) is 8.57. The fraction of sp³-hybridized carbons (Fsp3) is 0.316. The molecule has 0 unspecified atom stereocenters. The van der Waals surface area contributed by atoms with Crippen LogP contribution in [0.25, 0.3) is 0 Å². The molecule has 136 valence electrons. The molecule has 0 aliphatic rings. The van der Waals surface area contributed by atoms with Gasteiger partial charge in [-0.2, -0.15) is 0 Å². The number of benzene rings is 1. The highest BCUT2D eigenvalue weighted by atomic mass is 32.1. The van der Waals surface area contributed by atoms with Gasteiger partial charge in [0.25, 0.3) is 0 Å². The normalized spacial score (nSPS) is 11.6. The number of aryl methyl sites for hydroxylation is 2. The number of guanidine groups is 1. The molecule has 0 radical (unpaired) electrons. The lowest BCUT2D eigenvalue weighted by molar-refractivity contribution is 0.715. The number of rotatable bonds is 6. The Labute approximate surface area is 158 Å². The topological polar surface area (TPSA) is 67.1 Å². The second-order valence-electron chi connectivity index (χ2n) is 6.10. The van der Waals surface area contributed by atoms with Gasteiger partial charge in [-0.3, -0.25) is 0 Å². The standard InChI is InChI=1S/C19H24N6S/c1-14-7-4-5-8-16(14)11-20-19(21-12-17-9-6-10-26-17)22-13-18-24-23-15(2)25(18)3/h4-10H,11-13H2,1-3H3,(H2,20,21,22). The van der Waals surface area contributed by atoms with E-state index in [4.69, 9.17) is 4.99 Å². The lowest BCUT2D eigenvalue weighted by Gasteiger charge is -2.12. The number of aromatic nitrogens is 3. The third kappa shape index (κ3) is 4.70. The molecule has 0 saturated carbocycles. The van der Waals surface area contributed by atoms with Gasteiger partial charge < -0.3 is 15.2 Å². The molecule has 2 heterocycles. The van der Waals surface area contributed by atoms with Crippen molar-refractivity contribution in [2.45, 2.75) is 33.5 Å². The third-order valence-corrected chi connectivity index (χ3v) is 5.15. The van der Waals surface area contributed by atoms with Crippen molar-refractivity contribution < 1.29 is 0 Å². The number of hydrogen-bond acceptors (Lipinski definition) is 4. The zero-order valence-electron chi connectivity index (χ0n) is 15.4. The molecule has 1 aromatic carbocycles. The van der Waals surface area contributed by atoms with Crippen molar-refractivity contribution >= 4 is 17.3 Å². The minimum atomic E-state index is 0.571. The Morgan fingerprint density at radius 1 is 1.08 bits per heavy atom. The molecular formula is C19H24N6S. The molecule has 0 aliphatic heterocycles. The summed E-state index contributed by atoms with van der Waals surface area (Å²) in [7, 11) is 1.97. The molecule has 0 spiro atoms. The summed E-state index contributed by atoms with van der Waals surface area (Å²) in [5.74, 6) is 2.54. The van der Waals surface area contributed by atoms with E-state index in [1.165, 1.54) is 16.0 Å². The van der Waals surface area contributed by atoms with E-state index in [9.17, 15) is 0 Å². The number of aliphatic imine (C=N–C) groups is 1. The van der Waals surface area contributed by atoms with E-state index < -0.39 is 0 Å². The van der Waals surface area contributed by atoms with E-state index >= 15 is 0 Å². The smallest absolute Gasteiger partial charge is 0.192 e. The lowest BCUT2D eigenvalue weighted by Crippen LogP contribution is -2.37. The number of hydrogen-bond donors (Lipinski definition) is 2. The molecule has 0 bridgehead atoms. The summed E-state index contributed by atoms with van der Waals surface area (Å²) in [5, 5.41) is 17.1. The molecule has 2 aromatic heterocycles. The maximum atomic E-state index is 4.75. The maximum absolute atomic E-state index is 4.75. The average Bonchev–Trinajstić information content (AvgIpc) is 3.27. The van der Waals surface area contributed by atoms with Crippen molar-refractivity contribution in [1.29, 1.82) is 0 Å². The van der Waals surface area contributed by atoms with Crippen molar-refractivity contribution in [3.8, 4) is 0 Å². The van der Waals surface area contributed by atoms with Gasteiger partial charge in [-0.05, 0) is 36.4 Å². The number of nitrogens with one attached hydrogen (secondary N) is 2. The van der Waals surface area contributed by atoms with Gasteiger partial charge in [-0.25, -0.2) is 4.99 Å². The Balaban J connectivity index is 1.68. The van der Waals surface area contributed by atoms with E-state index in [0.29, 0.717) is 13.1 Å². The Bertz CT molecular complexity index is 866. The highest BCUT2D eigenvalue weighted by Gasteiger charge is 2.07. The molecular weight excluding hydrogens is 344 g/mol. The van der Waals surface area contributed by atoms with E-state index in [1.807, 2.05) is 30.7 Å². The quantitative estimate of drug-likeness (QED) is 0.519. The number of thiophene rings is 1. The third-order valence-electron chi connectivity index (χ3n) is 4.28. The van der Waals surface area contributed by atoms with Crippen LogP contribution in [-0.2, 0) is 26.7 Å². The van der Waals surface area contributed by atoms with Crippen LogP contribution >= 0.6 is 11.3 Å². The molecule has 6 nitrogen and oxygen atoms in total. The van der Waals surface area contributed by atoms with Gasteiger partial charge in [0, 0.05) is 11.9 Å². The number of nitrogens with zero attached hydrogens (tertiary/aromatic N) is 4. The van der Waals surface area contributed by atoms with Crippen molar-refractivity contribution in [3.05, 3.63) is 69.4 Å². The van der Waals surface area contributed by atoms with Gasteiger partial charge in [0.2, 0.25) is 0 Å². The van der Waals surface area contributed by atoms with Crippen LogP contribution in [0.5, 0.6) is 0 Å². The van der Waals surface area contributed by atoms with Crippen LogP contribution < -0.4 is 10.6 Å². The lowest BCUT2D eigenvalue weighted by atomic mass is 10.1. The largest absolute Gasteiger partial charge is 0.351 e. The van der Waals surface area contributed by atoms with Gasteiger partial charge in [0.05, 0.1) is 19.6 Å². The zero-order chi connectivity index (χ0) is 18.4. The molecule has 0 saturated heterocycles. The first-order valence-corrected chi connectivity index (χ1v) is 9.45. The second-order valence-corrected chi connectivity index (χ2v) is 7.13. The van der Waals surface area contributed by atoms with E-state index in [-0.39, 0.29) is 0 Å². The Kier molecular flexibility index (Phi) is 6.01. The first-order chi connectivity index (χ1) is 12.6.